The molecule has 106 valence electrons. The molecular weight excluding hydrogens is 256 g/mol. The van der Waals surface area contributed by atoms with Crippen LogP contribution in [0.3, 0.4) is 0 Å². The molecule has 3 rings (SSSR count). The molecule has 1 aliphatic rings. The Kier molecular flexibility index (Phi) is 4.01. The molecule has 21 heavy (non-hydrogen) atoms. The van der Waals surface area contributed by atoms with E-state index in [1.165, 1.54) is 22.3 Å². The molecule has 0 saturated heterocycles. The monoisotopic (exact) mass is 276 g/mol. The lowest BCUT2D eigenvalue weighted by Crippen LogP contribution is -2.16. The van der Waals surface area contributed by atoms with Crippen molar-refractivity contribution in [3.63, 3.8) is 0 Å². The maximum atomic E-state index is 12.0. The molecule has 0 aromatic heterocycles. The summed E-state index contributed by atoms with van der Waals surface area (Å²) in [6, 6.07) is 18.9. The third-order valence-electron chi connectivity index (χ3n) is 4.12. The van der Waals surface area contributed by atoms with Crippen molar-refractivity contribution in [3.8, 4) is 0 Å². The standard InChI is InChI=1S/C20H20O/c1-15-7-9-16(10-8-15)11-17-12-19(14-20(21)13-17)18-5-3-2-4-6-18/h2-10,14,17H,11-13H2,1H3. The Balaban J connectivity index is 1.76. The average molecular weight is 276 g/mol. The molecule has 1 aliphatic carbocycles. The Morgan fingerprint density at radius 2 is 1.67 bits per heavy atom. The van der Waals surface area contributed by atoms with Crippen LogP contribution in [0, 0.1) is 12.8 Å². The minimum absolute atomic E-state index is 0.261. The first-order chi connectivity index (χ1) is 10.2. The molecule has 0 fully saturated rings. The normalized spacial score (nSPS) is 18.4. The van der Waals surface area contributed by atoms with E-state index in [0.717, 1.165) is 12.8 Å². The van der Waals surface area contributed by atoms with Crippen molar-refractivity contribution in [3.05, 3.63) is 77.4 Å². The Hall–Kier alpha value is -2.15. The zero-order valence-corrected chi connectivity index (χ0v) is 12.4. The van der Waals surface area contributed by atoms with E-state index in [-0.39, 0.29) is 5.78 Å². The second-order valence-corrected chi connectivity index (χ2v) is 5.97. The number of rotatable bonds is 3. The van der Waals surface area contributed by atoms with Gasteiger partial charge in [0.25, 0.3) is 0 Å². The molecule has 0 heterocycles. The maximum absolute atomic E-state index is 12.0. The number of carbonyl (C=O) groups is 1. The van der Waals surface area contributed by atoms with Gasteiger partial charge >= 0.3 is 0 Å². The van der Waals surface area contributed by atoms with E-state index in [2.05, 4.69) is 43.3 Å². The van der Waals surface area contributed by atoms with Gasteiger partial charge in [-0.2, -0.15) is 0 Å². The molecular formula is C20H20O. The average Bonchev–Trinajstić information content (AvgIpc) is 2.50. The van der Waals surface area contributed by atoms with Gasteiger partial charge in [-0.15, -0.1) is 0 Å². The Bertz CT molecular complexity index is 650. The Morgan fingerprint density at radius 1 is 0.952 bits per heavy atom. The lowest BCUT2D eigenvalue weighted by molar-refractivity contribution is -0.115. The van der Waals surface area contributed by atoms with Crippen LogP contribution in [0.5, 0.6) is 0 Å². The molecule has 0 spiro atoms. The Morgan fingerprint density at radius 3 is 2.38 bits per heavy atom. The predicted octanol–water partition coefficient (Wildman–Crippen LogP) is 4.60. The summed E-state index contributed by atoms with van der Waals surface area (Å²) in [5, 5.41) is 0. The third-order valence-corrected chi connectivity index (χ3v) is 4.12. The van der Waals surface area contributed by atoms with Crippen LogP contribution in [0.15, 0.2) is 60.7 Å². The van der Waals surface area contributed by atoms with E-state index in [1.807, 2.05) is 24.3 Å². The van der Waals surface area contributed by atoms with Crippen LogP contribution in [0.4, 0.5) is 0 Å². The minimum atomic E-state index is 0.261. The lowest BCUT2D eigenvalue weighted by atomic mass is 9.81. The van der Waals surface area contributed by atoms with E-state index in [0.29, 0.717) is 12.3 Å². The van der Waals surface area contributed by atoms with Crippen LogP contribution in [0.2, 0.25) is 0 Å². The van der Waals surface area contributed by atoms with Crippen LogP contribution in [0.1, 0.15) is 29.5 Å². The molecule has 0 N–H and O–H groups in total. The summed E-state index contributed by atoms with van der Waals surface area (Å²) in [5.41, 5.74) is 4.97. The summed E-state index contributed by atoms with van der Waals surface area (Å²) in [5.74, 6) is 0.678. The molecule has 1 unspecified atom stereocenters. The van der Waals surface area contributed by atoms with Gasteiger partial charge in [-0.3, -0.25) is 4.79 Å². The van der Waals surface area contributed by atoms with Gasteiger partial charge in [0, 0.05) is 6.42 Å². The van der Waals surface area contributed by atoms with E-state index < -0.39 is 0 Å². The van der Waals surface area contributed by atoms with Gasteiger partial charge in [0.1, 0.15) is 0 Å². The predicted molar refractivity (Wildman–Crippen MR) is 87.0 cm³/mol. The number of benzene rings is 2. The largest absolute Gasteiger partial charge is 0.295 e. The van der Waals surface area contributed by atoms with Crippen LogP contribution >= 0.6 is 0 Å². The van der Waals surface area contributed by atoms with E-state index in [1.54, 1.807) is 0 Å². The molecule has 2 aromatic carbocycles. The van der Waals surface area contributed by atoms with E-state index in [4.69, 9.17) is 0 Å². The zero-order valence-electron chi connectivity index (χ0n) is 12.4. The maximum Gasteiger partial charge on any atom is 0.156 e. The van der Waals surface area contributed by atoms with Crippen molar-refractivity contribution in [2.45, 2.75) is 26.2 Å². The zero-order chi connectivity index (χ0) is 14.7. The van der Waals surface area contributed by atoms with Gasteiger partial charge in [0.2, 0.25) is 0 Å². The van der Waals surface area contributed by atoms with Crippen molar-refractivity contribution in [2.24, 2.45) is 5.92 Å². The number of carbonyl (C=O) groups excluding carboxylic acids is 1. The smallest absolute Gasteiger partial charge is 0.156 e. The van der Waals surface area contributed by atoms with Crippen molar-refractivity contribution in [1.82, 2.24) is 0 Å². The van der Waals surface area contributed by atoms with Crippen molar-refractivity contribution in [2.75, 3.05) is 0 Å². The van der Waals surface area contributed by atoms with E-state index in [9.17, 15) is 4.79 Å². The fraction of sp³-hybridized carbons (Fsp3) is 0.250. The summed E-state index contributed by atoms with van der Waals surface area (Å²) in [4.78, 5) is 12.0. The number of aryl methyl sites for hydroxylation is 1. The van der Waals surface area contributed by atoms with Crippen LogP contribution in [-0.4, -0.2) is 5.78 Å². The summed E-state index contributed by atoms with van der Waals surface area (Å²) in [6.07, 6.45) is 4.48. The van der Waals surface area contributed by atoms with Gasteiger partial charge in [-0.25, -0.2) is 0 Å². The molecule has 0 radical (unpaired) electrons. The summed E-state index contributed by atoms with van der Waals surface area (Å²) in [7, 11) is 0. The molecule has 2 aromatic rings. The number of hydrogen-bond acceptors (Lipinski definition) is 1. The first kappa shape index (κ1) is 13.8. The molecule has 0 amide bonds. The number of ketones is 1. The molecule has 0 bridgehead atoms. The van der Waals surface area contributed by atoms with Gasteiger partial charge in [-0.1, -0.05) is 60.2 Å². The number of hydrogen-bond donors (Lipinski definition) is 0. The molecule has 1 heteroatoms. The highest BCUT2D eigenvalue weighted by Crippen LogP contribution is 2.31. The van der Waals surface area contributed by atoms with E-state index >= 15 is 0 Å². The Labute approximate surface area is 126 Å². The highest BCUT2D eigenvalue weighted by molar-refractivity contribution is 5.98. The molecule has 0 saturated carbocycles. The van der Waals surface area contributed by atoms with Gasteiger partial charge in [0.15, 0.2) is 5.78 Å². The molecule has 1 atom stereocenters. The summed E-state index contributed by atoms with van der Waals surface area (Å²) >= 11 is 0. The second kappa shape index (κ2) is 6.09. The van der Waals surface area contributed by atoms with Crippen LogP contribution < -0.4 is 0 Å². The first-order valence-electron chi connectivity index (χ1n) is 7.55. The molecule has 1 nitrogen and oxygen atoms in total. The highest BCUT2D eigenvalue weighted by Gasteiger charge is 2.21. The van der Waals surface area contributed by atoms with Gasteiger partial charge < -0.3 is 0 Å². The number of allylic oxidation sites excluding steroid dienone is 2. The fourth-order valence-electron chi connectivity index (χ4n) is 3.04. The third kappa shape index (κ3) is 3.49. The highest BCUT2D eigenvalue weighted by atomic mass is 16.1. The van der Waals surface area contributed by atoms with Gasteiger partial charge in [-0.05, 0) is 48.5 Å². The quantitative estimate of drug-likeness (QED) is 0.800. The van der Waals surface area contributed by atoms with Crippen molar-refractivity contribution >= 4 is 11.4 Å². The van der Waals surface area contributed by atoms with Crippen molar-refractivity contribution in [1.29, 1.82) is 0 Å². The topological polar surface area (TPSA) is 17.1 Å². The minimum Gasteiger partial charge on any atom is -0.295 e. The van der Waals surface area contributed by atoms with Crippen LogP contribution in [-0.2, 0) is 11.2 Å². The van der Waals surface area contributed by atoms with Gasteiger partial charge in [0.05, 0.1) is 0 Å². The lowest BCUT2D eigenvalue weighted by Gasteiger charge is -2.22. The van der Waals surface area contributed by atoms with Crippen LogP contribution in [0.25, 0.3) is 5.57 Å². The second-order valence-electron chi connectivity index (χ2n) is 5.97. The fourth-order valence-corrected chi connectivity index (χ4v) is 3.04. The first-order valence-corrected chi connectivity index (χ1v) is 7.55. The SMILES string of the molecule is Cc1ccc(CC2CC(=O)C=C(c3ccccc3)C2)cc1. The van der Waals surface area contributed by atoms with Crippen molar-refractivity contribution < 1.29 is 4.79 Å². The summed E-state index contributed by atoms with van der Waals surface area (Å²) in [6.45, 7) is 2.10. The summed E-state index contributed by atoms with van der Waals surface area (Å²) < 4.78 is 0. The molecule has 0 aliphatic heterocycles.